The SMILES string of the molecule is CN(C)S(=O)(=O)c1ccc(-c2ccc(NC(=O)c3nc(C#N)cn3COCC[Si](C)(C)C)c(C3=CCCCC3)c2)cc1. The van der Waals surface area contributed by atoms with Crippen LogP contribution in [-0.4, -0.2) is 57.0 Å². The number of hydrogen-bond donors (Lipinski definition) is 1. The summed E-state index contributed by atoms with van der Waals surface area (Å²) in [5.74, 6) is -0.307. The Labute approximate surface area is 249 Å². The number of nitrogens with zero attached hydrogens (tertiary/aromatic N) is 4. The maximum Gasteiger partial charge on any atom is 0.291 e. The molecule has 1 heterocycles. The minimum Gasteiger partial charge on any atom is -0.361 e. The maximum absolute atomic E-state index is 13.5. The van der Waals surface area contributed by atoms with Gasteiger partial charge in [0.1, 0.15) is 12.8 Å². The number of ether oxygens (including phenoxy) is 1. The van der Waals surface area contributed by atoms with E-state index in [-0.39, 0.29) is 23.1 Å². The fourth-order valence-corrected chi connectivity index (χ4v) is 6.34. The van der Waals surface area contributed by atoms with Gasteiger partial charge in [-0.3, -0.25) is 4.79 Å². The second-order valence-corrected chi connectivity index (χ2v) is 19.7. The molecule has 3 aromatic rings. The summed E-state index contributed by atoms with van der Waals surface area (Å²) < 4.78 is 33.6. The molecular weight excluding hydrogens is 567 g/mol. The Bertz CT molecular complexity index is 1610. The summed E-state index contributed by atoms with van der Waals surface area (Å²) in [7, 11) is -1.77. The summed E-state index contributed by atoms with van der Waals surface area (Å²) in [6, 6.07) is 15.6. The molecule has 0 fully saturated rings. The molecule has 1 aliphatic rings. The van der Waals surface area contributed by atoms with Gasteiger partial charge in [0.05, 0.1) is 4.90 Å². The van der Waals surface area contributed by atoms with Gasteiger partial charge in [-0.2, -0.15) is 5.26 Å². The van der Waals surface area contributed by atoms with E-state index in [1.54, 1.807) is 28.8 Å². The molecule has 0 radical (unpaired) electrons. The van der Waals surface area contributed by atoms with Crippen molar-refractivity contribution in [2.24, 2.45) is 0 Å². The highest BCUT2D eigenvalue weighted by Gasteiger charge is 2.21. The average molecular weight is 606 g/mol. The smallest absolute Gasteiger partial charge is 0.291 e. The van der Waals surface area contributed by atoms with Crippen LogP contribution in [0.5, 0.6) is 0 Å². The van der Waals surface area contributed by atoms with Crippen LogP contribution in [0.1, 0.15) is 47.6 Å². The highest BCUT2D eigenvalue weighted by atomic mass is 32.2. The topological polar surface area (TPSA) is 117 Å². The van der Waals surface area contributed by atoms with Gasteiger partial charge in [0.15, 0.2) is 5.69 Å². The number of carbonyl (C=O) groups excluding carboxylic acids is 1. The van der Waals surface area contributed by atoms with Crippen LogP contribution in [0, 0.1) is 11.3 Å². The molecule has 0 atom stereocenters. The van der Waals surface area contributed by atoms with Gasteiger partial charge in [-0.25, -0.2) is 17.7 Å². The Hall–Kier alpha value is -3.56. The zero-order valence-electron chi connectivity index (χ0n) is 25.0. The molecular formula is C31H39N5O4SSi. The number of sulfonamides is 1. The normalized spacial score (nSPS) is 14.0. The van der Waals surface area contributed by atoms with Gasteiger partial charge in [0.25, 0.3) is 5.91 Å². The lowest BCUT2D eigenvalue weighted by atomic mass is 9.90. The molecule has 0 bridgehead atoms. The van der Waals surface area contributed by atoms with E-state index in [1.807, 2.05) is 24.3 Å². The summed E-state index contributed by atoms with van der Waals surface area (Å²) in [4.78, 5) is 18.0. The summed E-state index contributed by atoms with van der Waals surface area (Å²) in [6.45, 7) is 7.54. The van der Waals surface area contributed by atoms with Gasteiger partial charge in [-0.05, 0) is 72.7 Å². The first-order chi connectivity index (χ1) is 19.9. The minimum absolute atomic E-state index is 0.116. The van der Waals surface area contributed by atoms with E-state index in [4.69, 9.17) is 4.74 Å². The lowest BCUT2D eigenvalue weighted by Crippen LogP contribution is -2.23. The molecule has 11 heteroatoms. The Morgan fingerprint density at radius 3 is 2.45 bits per heavy atom. The number of carbonyl (C=O) groups is 1. The maximum atomic E-state index is 13.5. The van der Waals surface area contributed by atoms with E-state index >= 15 is 0 Å². The van der Waals surface area contributed by atoms with Crippen molar-refractivity contribution in [3.63, 3.8) is 0 Å². The fourth-order valence-electron chi connectivity index (χ4n) is 4.68. The predicted octanol–water partition coefficient (Wildman–Crippen LogP) is 6.19. The second-order valence-electron chi connectivity index (χ2n) is 11.9. The van der Waals surface area contributed by atoms with Gasteiger partial charge in [0, 0.05) is 46.2 Å². The monoisotopic (exact) mass is 605 g/mol. The van der Waals surface area contributed by atoms with Gasteiger partial charge < -0.3 is 14.6 Å². The number of allylic oxidation sites excluding steroid dienone is 2. The first-order valence-corrected chi connectivity index (χ1v) is 19.3. The lowest BCUT2D eigenvalue weighted by Gasteiger charge is -2.19. The van der Waals surface area contributed by atoms with Crippen LogP contribution in [0.2, 0.25) is 25.7 Å². The molecule has 0 saturated carbocycles. The second kappa shape index (κ2) is 13.2. The highest BCUT2D eigenvalue weighted by molar-refractivity contribution is 7.89. The Morgan fingerprint density at radius 2 is 1.83 bits per heavy atom. The van der Waals surface area contributed by atoms with Crippen molar-refractivity contribution in [1.29, 1.82) is 5.26 Å². The highest BCUT2D eigenvalue weighted by Crippen LogP contribution is 2.35. The zero-order valence-corrected chi connectivity index (χ0v) is 26.8. The van der Waals surface area contributed by atoms with Crippen LogP contribution < -0.4 is 5.32 Å². The van der Waals surface area contributed by atoms with Crippen LogP contribution in [-0.2, 0) is 21.5 Å². The first-order valence-electron chi connectivity index (χ1n) is 14.1. The molecule has 9 nitrogen and oxygen atoms in total. The van der Waals surface area contributed by atoms with Gasteiger partial charge in [0.2, 0.25) is 15.8 Å². The first kappa shape index (κ1) is 31.4. The number of nitriles is 1. The van der Waals surface area contributed by atoms with Gasteiger partial charge in [-0.1, -0.05) is 43.9 Å². The van der Waals surface area contributed by atoms with Crippen molar-refractivity contribution in [3.8, 4) is 17.2 Å². The molecule has 1 aromatic heterocycles. The van der Waals surface area contributed by atoms with Crippen molar-refractivity contribution in [2.75, 3.05) is 26.0 Å². The zero-order chi connectivity index (χ0) is 30.5. The molecule has 42 heavy (non-hydrogen) atoms. The van der Waals surface area contributed by atoms with Crippen LogP contribution in [0.4, 0.5) is 5.69 Å². The molecule has 222 valence electrons. The van der Waals surface area contributed by atoms with Crippen LogP contribution in [0.3, 0.4) is 0 Å². The van der Waals surface area contributed by atoms with Crippen LogP contribution in [0.15, 0.2) is 59.6 Å². The summed E-state index contributed by atoms with van der Waals surface area (Å²) in [6.07, 6.45) is 7.80. The average Bonchev–Trinajstić information content (AvgIpc) is 3.39. The number of amides is 1. The van der Waals surface area contributed by atoms with Crippen molar-refractivity contribution in [3.05, 3.63) is 71.8 Å². The fraction of sp³-hybridized carbons (Fsp3) is 0.387. The summed E-state index contributed by atoms with van der Waals surface area (Å²) in [5.41, 5.74) is 4.65. The third kappa shape index (κ3) is 7.63. The van der Waals surface area contributed by atoms with Crippen molar-refractivity contribution >= 4 is 35.3 Å². The van der Waals surface area contributed by atoms with E-state index in [0.29, 0.717) is 12.3 Å². The van der Waals surface area contributed by atoms with Gasteiger partial charge in [-0.15, -0.1) is 0 Å². The predicted molar refractivity (Wildman–Crippen MR) is 168 cm³/mol. The van der Waals surface area contributed by atoms with E-state index in [0.717, 1.165) is 54.0 Å². The molecule has 0 saturated heterocycles. The third-order valence-corrected chi connectivity index (χ3v) is 10.7. The molecule has 4 rings (SSSR count). The van der Waals surface area contributed by atoms with Crippen molar-refractivity contribution < 1.29 is 17.9 Å². The summed E-state index contributed by atoms with van der Waals surface area (Å²) in [5, 5.41) is 12.5. The molecule has 0 unspecified atom stereocenters. The summed E-state index contributed by atoms with van der Waals surface area (Å²) >= 11 is 0. The largest absolute Gasteiger partial charge is 0.361 e. The molecule has 1 aliphatic carbocycles. The quantitative estimate of drug-likeness (QED) is 0.206. The Morgan fingerprint density at radius 1 is 1.12 bits per heavy atom. The van der Waals surface area contributed by atoms with Crippen LogP contribution >= 0.6 is 0 Å². The number of aromatic nitrogens is 2. The van der Waals surface area contributed by atoms with E-state index in [9.17, 15) is 18.5 Å². The van der Waals surface area contributed by atoms with Crippen LogP contribution in [0.25, 0.3) is 16.7 Å². The number of imidazole rings is 1. The molecule has 1 N–H and O–H groups in total. The molecule has 2 aromatic carbocycles. The standard InChI is InChI=1S/C31H39N5O4SSi/c1-35(2)41(38,39)27-14-11-23(12-15-27)25-13-16-29(28(19-25)24-9-7-6-8-10-24)34-31(37)30-33-26(20-32)21-36(30)22-40-17-18-42(3,4)5/h9,11-16,19,21H,6-8,10,17-18,22H2,1-5H3,(H,34,37). The third-order valence-electron chi connectivity index (χ3n) is 7.19. The van der Waals surface area contributed by atoms with Gasteiger partial charge >= 0.3 is 0 Å². The number of nitrogens with one attached hydrogen (secondary N) is 1. The number of benzene rings is 2. The molecule has 1 amide bonds. The minimum atomic E-state index is -3.52. The Balaban J connectivity index is 1.62. The van der Waals surface area contributed by atoms with E-state index in [1.165, 1.54) is 24.6 Å². The van der Waals surface area contributed by atoms with E-state index < -0.39 is 24.0 Å². The molecule has 0 spiro atoms. The van der Waals surface area contributed by atoms with E-state index in [2.05, 4.69) is 36.0 Å². The van der Waals surface area contributed by atoms with Crippen molar-refractivity contribution in [2.45, 2.75) is 63.0 Å². The number of anilines is 1. The Kier molecular flexibility index (Phi) is 9.84. The molecule has 0 aliphatic heterocycles. The van der Waals surface area contributed by atoms with Crippen molar-refractivity contribution in [1.82, 2.24) is 13.9 Å². The number of rotatable bonds is 11. The number of hydrogen-bond acceptors (Lipinski definition) is 6. The lowest BCUT2D eigenvalue weighted by molar-refractivity contribution is 0.0808.